The average molecular weight is 581 g/mol. The number of halogens is 1. The maximum absolute atomic E-state index is 6.28. The van der Waals surface area contributed by atoms with Crippen LogP contribution in [0, 0.1) is 0 Å². The molecule has 1 atom stereocenters. The van der Waals surface area contributed by atoms with Gasteiger partial charge in [0.05, 0.1) is 7.11 Å². The van der Waals surface area contributed by atoms with Gasteiger partial charge in [-0.25, -0.2) is 0 Å². The van der Waals surface area contributed by atoms with Crippen molar-refractivity contribution in [1.29, 1.82) is 0 Å². The van der Waals surface area contributed by atoms with Crippen molar-refractivity contribution in [2.75, 3.05) is 37.4 Å². The molecule has 0 radical (unpaired) electrons. The van der Waals surface area contributed by atoms with Crippen LogP contribution in [0.15, 0.2) is 18.2 Å². The Morgan fingerprint density at radius 2 is 1.82 bits per heavy atom. The molecule has 2 N–H and O–H groups in total. The number of rotatable bonds is 10. The highest BCUT2D eigenvalue weighted by Crippen LogP contribution is 2.27. The fraction of sp³-hybridized carbons (Fsp3) is 0.640. The summed E-state index contributed by atoms with van der Waals surface area (Å²) in [5.41, 5.74) is 2.04. The number of anilines is 3. The molecule has 4 rings (SSSR count). The van der Waals surface area contributed by atoms with Crippen LogP contribution in [0.3, 0.4) is 0 Å². The van der Waals surface area contributed by atoms with Crippen LogP contribution >= 0.6 is 22.6 Å². The summed E-state index contributed by atoms with van der Waals surface area (Å²) in [5.74, 6) is 1.93. The Morgan fingerprint density at radius 3 is 2.56 bits per heavy atom. The minimum atomic E-state index is 0.169. The van der Waals surface area contributed by atoms with Crippen molar-refractivity contribution in [1.82, 2.24) is 19.9 Å². The molecule has 2 aliphatic rings. The van der Waals surface area contributed by atoms with Crippen molar-refractivity contribution in [3.05, 3.63) is 23.8 Å². The molecular formula is C25H37IN6O2. The third-order valence-corrected chi connectivity index (χ3v) is 7.59. The minimum absolute atomic E-state index is 0.169. The lowest BCUT2D eigenvalue weighted by Gasteiger charge is -2.23. The molecule has 1 aromatic heterocycles. The van der Waals surface area contributed by atoms with Crippen LogP contribution < -0.4 is 20.1 Å². The number of benzene rings is 1. The highest BCUT2D eigenvalue weighted by molar-refractivity contribution is 14.1. The maximum atomic E-state index is 6.28. The second-order valence-corrected chi connectivity index (χ2v) is 9.85. The van der Waals surface area contributed by atoms with Crippen LogP contribution in [-0.4, -0.2) is 58.7 Å². The fourth-order valence-corrected chi connectivity index (χ4v) is 5.49. The van der Waals surface area contributed by atoms with Gasteiger partial charge in [0.15, 0.2) is 0 Å². The zero-order valence-electron chi connectivity index (χ0n) is 20.4. The third kappa shape index (κ3) is 6.84. The van der Waals surface area contributed by atoms with Gasteiger partial charge in [-0.05, 0) is 69.8 Å². The molecule has 1 aromatic carbocycles. The SMILES string of the molecule is CCN1CCCC1CNc1nc(Nc2ccc(OC)c(CI)c2)nc(OC2CCCCCC2)n1. The van der Waals surface area contributed by atoms with Crippen LogP contribution in [0.25, 0.3) is 0 Å². The topological polar surface area (TPSA) is 84.4 Å². The Bertz CT molecular complexity index is 922. The van der Waals surface area contributed by atoms with Crippen LogP contribution in [0.2, 0.25) is 0 Å². The molecule has 2 aromatic rings. The van der Waals surface area contributed by atoms with Crippen molar-refractivity contribution < 1.29 is 9.47 Å². The summed E-state index contributed by atoms with van der Waals surface area (Å²) in [6, 6.07) is 6.94. The summed E-state index contributed by atoms with van der Waals surface area (Å²) in [6.45, 7) is 5.28. The standard InChI is InChI=1S/C25H37IN6O2/c1-3-32-14-8-9-20(32)17-27-23-29-24(28-19-12-13-22(33-2)18(15-19)16-26)31-25(30-23)34-21-10-6-4-5-7-11-21/h12-13,15,20-21H,3-11,14,16-17H2,1-2H3,(H2,27,28,29,30,31). The number of nitrogens with zero attached hydrogens (tertiary/aromatic N) is 4. The Hall–Kier alpha value is -1.88. The number of hydrogen-bond acceptors (Lipinski definition) is 8. The van der Waals surface area contributed by atoms with E-state index in [2.05, 4.69) is 66.1 Å². The van der Waals surface area contributed by atoms with Gasteiger partial charge in [0, 0.05) is 28.3 Å². The predicted octanol–water partition coefficient (Wildman–Crippen LogP) is 5.56. The number of methoxy groups -OCH3 is 1. The number of ether oxygens (including phenoxy) is 2. The zero-order valence-corrected chi connectivity index (χ0v) is 22.5. The lowest BCUT2D eigenvalue weighted by atomic mass is 10.2. The predicted molar refractivity (Wildman–Crippen MR) is 145 cm³/mol. The van der Waals surface area contributed by atoms with Crippen molar-refractivity contribution >= 4 is 40.2 Å². The average Bonchev–Trinajstić information content (AvgIpc) is 3.17. The van der Waals surface area contributed by atoms with Crippen LogP contribution in [0.5, 0.6) is 11.8 Å². The van der Waals surface area contributed by atoms with E-state index in [1.165, 1.54) is 45.1 Å². The van der Waals surface area contributed by atoms with E-state index in [0.717, 1.165) is 47.4 Å². The van der Waals surface area contributed by atoms with Gasteiger partial charge in [-0.1, -0.05) is 42.4 Å². The lowest BCUT2D eigenvalue weighted by molar-refractivity contribution is 0.168. The molecule has 186 valence electrons. The molecule has 1 aliphatic heterocycles. The molecule has 2 heterocycles. The van der Waals surface area contributed by atoms with E-state index in [1.54, 1.807) is 7.11 Å². The van der Waals surface area contributed by atoms with Gasteiger partial charge < -0.3 is 20.1 Å². The van der Waals surface area contributed by atoms with Gasteiger partial charge >= 0.3 is 6.01 Å². The second kappa shape index (κ2) is 12.7. The third-order valence-electron chi connectivity index (χ3n) is 6.77. The minimum Gasteiger partial charge on any atom is -0.496 e. The van der Waals surface area contributed by atoms with Gasteiger partial charge in [0.25, 0.3) is 0 Å². The van der Waals surface area contributed by atoms with Gasteiger partial charge in [0.1, 0.15) is 11.9 Å². The first-order valence-corrected chi connectivity index (χ1v) is 14.1. The first-order valence-electron chi connectivity index (χ1n) is 12.6. The molecule has 34 heavy (non-hydrogen) atoms. The number of aromatic nitrogens is 3. The van der Waals surface area contributed by atoms with E-state index in [1.807, 2.05) is 12.1 Å². The van der Waals surface area contributed by atoms with Crippen molar-refractivity contribution in [3.8, 4) is 11.8 Å². The number of hydrogen-bond donors (Lipinski definition) is 2. The monoisotopic (exact) mass is 580 g/mol. The molecule has 1 aliphatic carbocycles. The maximum Gasteiger partial charge on any atom is 0.323 e. The van der Waals surface area contributed by atoms with E-state index in [9.17, 15) is 0 Å². The Kier molecular flexibility index (Phi) is 9.43. The number of likely N-dealkylation sites (N-methyl/N-ethyl adjacent to an activating group) is 1. The molecular weight excluding hydrogens is 543 g/mol. The summed E-state index contributed by atoms with van der Waals surface area (Å²) >= 11 is 2.35. The Balaban J connectivity index is 1.53. The molecule has 0 amide bonds. The van der Waals surface area contributed by atoms with Crippen LogP contribution in [0.4, 0.5) is 17.6 Å². The normalized spacial score (nSPS) is 19.6. The Morgan fingerprint density at radius 1 is 1.03 bits per heavy atom. The summed E-state index contributed by atoms with van der Waals surface area (Å²) in [7, 11) is 1.70. The summed E-state index contributed by atoms with van der Waals surface area (Å²) in [5, 5.41) is 6.82. The number of alkyl halides is 1. The second-order valence-electron chi connectivity index (χ2n) is 9.09. The number of likely N-dealkylation sites (tertiary alicyclic amines) is 1. The molecule has 1 saturated carbocycles. The molecule has 8 nitrogen and oxygen atoms in total. The molecule has 0 bridgehead atoms. The number of nitrogens with one attached hydrogen (secondary N) is 2. The van der Waals surface area contributed by atoms with Crippen molar-refractivity contribution in [2.45, 2.75) is 74.9 Å². The molecule has 1 saturated heterocycles. The van der Waals surface area contributed by atoms with Gasteiger partial charge in [-0.2, -0.15) is 15.0 Å². The van der Waals surface area contributed by atoms with Gasteiger partial charge in [-0.15, -0.1) is 0 Å². The fourth-order valence-electron chi connectivity index (χ4n) is 4.89. The summed E-state index contributed by atoms with van der Waals surface area (Å²) in [4.78, 5) is 16.4. The highest BCUT2D eigenvalue weighted by Gasteiger charge is 2.23. The largest absolute Gasteiger partial charge is 0.496 e. The van der Waals surface area contributed by atoms with E-state index >= 15 is 0 Å². The lowest BCUT2D eigenvalue weighted by Crippen LogP contribution is -2.35. The zero-order chi connectivity index (χ0) is 23.8. The molecule has 1 unspecified atom stereocenters. The molecule has 9 heteroatoms. The smallest absolute Gasteiger partial charge is 0.323 e. The first-order chi connectivity index (χ1) is 16.7. The quantitative estimate of drug-likeness (QED) is 0.215. The van der Waals surface area contributed by atoms with E-state index in [0.29, 0.717) is 23.9 Å². The van der Waals surface area contributed by atoms with Gasteiger partial charge in [0.2, 0.25) is 11.9 Å². The molecule has 2 fully saturated rings. The van der Waals surface area contributed by atoms with Crippen LogP contribution in [0.1, 0.15) is 63.9 Å². The first kappa shape index (κ1) is 25.2. The highest BCUT2D eigenvalue weighted by atomic mass is 127. The van der Waals surface area contributed by atoms with Crippen molar-refractivity contribution in [2.24, 2.45) is 0 Å². The van der Waals surface area contributed by atoms with Gasteiger partial charge in [-0.3, -0.25) is 4.90 Å². The van der Waals surface area contributed by atoms with Crippen LogP contribution in [-0.2, 0) is 4.43 Å². The van der Waals surface area contributed by atoms with E-state index in [4.69, 9.17) is 9.47 Å². The Labute approximate surface area is 216 Å². The summed E-state index contributed by atoms with van der Waals surface area (Å²) < 4.78 is 12.6. The van der Waals surface area contributed by atoms with E-state index < -0.39 is 0 Å². The summed E-state index contributed by atoms with van der Waals surface area (Å²) in [6.07, 6.45) is 9.69. The van der Waals surface area contributed by atoms with E-state index in [-0.39, 0.29) is 6.10 Å². The molecule has 0 spiro atoms. The van der Waals surface area contributed by atoms with Crippen molar-refractivity contribution in [3.63, 3.8) is 0 Å².